The minimum atomic E-state index is -0.0593. The third-order valence-electron chi connectivity index (χ3n) is 3.61. The van der Waals surface area contributed by atoms with Gasteiger partial charge in [-0.15, -0.1) is 11.3 Å². The van der Waals surface area contributed by atoms with Crippen LogP contribution in [-0.2, 0) is 5.41 Å². The molecule has 0 bridgehead atoms. The van der Waals surface area contributed by atoms with Crippen LogP contribution in [0.25, 0.3) is 21.8 Å². The first kappa shape index (κ1) is 14.7. The first-order valence-electron chi connectivity index (χ1n) is 7.20. The molecule has 4 heteroatoms. The Bertz CT molecular complexity index is 795. The number of nitrogens with two attached hydrogens (primary N) is 2. The normalized spacial score (nSPS) is 11.8. The summed E-state index contributed by atoms with van der Waals surface area (Å²) in [7, 11) is 0. The quantitative estimate of drug-likeness (QED) is 0.644. The smallest absolute Gasteiger partial charge is 0.144 e. The van der Waals surface area contributed by atoms with Gasteiger partial charge in [0.2, 0.25) is 0 Å². The van der Waals surface area contributed by atoms with Crippen LogP contribution in [0.5, 0.6) is 0 Å². The van der Waals surface area contributed by atoms with Gasteiger partial charge in [0, 0.05) is 11.3 Å². The first-order chi connectivity index (χ1) is 10.4. The predicted octanol–water partition coefficient (Wildman–Crippen LogP) is 5.14. The van der Waals surface area contributed by atoms with Gasteiger partial charge in [-0.1, -0.05) is 32.9 Å². The van der Waals surface area contributed by atoms with Gasteiger partial charge in [0.15, 0.2) is 0 Å². The van der Waals surface area contributed by atoms with Gasteiger partial charge in [-0.3, -0.25) is 0 Å². The van der Waals surface area contributed by atoms with Crippen LogP contribution in [-0.4, -0.2) is 0 Å². The highest BCUT2D eigenvalue weighted by Gasteiger charge is 2.29. The fraction of sp³-hybridized carbons (Fsp3) is 0.222. The molecular formula is C18H20N2OS. The third-order valence-corrected chi connectivity index (χ3v) is 4.64. The maximum atomic E-state index is 6.36. The maximum absolute atomic E-state index is 6.36. The predicted molar refractivity (Wildman–Crippen MR) is 95.0 cm³/mol. The maximum Gasteiger partial charge on any atom is 0.144 e. The molecule has 0 aliphatic rings. The van der Waals surface area contributed by atoms with Crippen molar-refractivity contribution in [3.63, 3.8) is 0 Å². The Kier molecular flexibility index (Phi) is 3.49. The van der Waals surface area contributed by atoms with Gasteiger partial charge < -0.3 is 15.9 Å². The Morgan fingerprint density at radius 1 is 1.05 bits per heavy atom. The summed E-state index contributed by atoms with van der Waals surface area (Å²) in [6, 6.07) is 11.7. The fourth-order valence-corrected chi connectivity index (χ4v) is 4.00. The second-order valence-corrected chi connectivity index (χ2v) is 7.45. The Balaban J connectivity index is 2.31. The Morgan fingerprint density at radius 3 is 2.41 bits per heavy atom. The van der Waals surface area contributed by atoms with Gasteiger partial charge in [-0.2, -0.15) is 0 Å². The summed E-state index contributed by atoms with van der Waals surface area (Å²) >= 11 is 1.57. The van der Waals surface area contributed by atoms with Crippen molar-refractivity contribution in [1.29, 1.82) is 0 Å². The molecule has 3 rings (SSSR count). The SMILES string of the molecule is CC(C)(C)c1c(-c2ccco2)sc(N)c1-c1cccc(N)c1. The summed E-state index contributed by atoms with van der Waals surface area (Å²) < 4.78 is 5.61. The average molecular weight is 312 g/mol. The zero-order valence-corrected chi connectivity index (χ0v) is 13.8. The van der Waals surface area contributed by atoms with E-state index in [1.54, 1.807) is 17.6 Å². The van der Waals surface area contributed by atoms with E-state index in [0.717, 1.165) is 32.5 Å². The lowest BCUT2D eigenvalue weighted by atomic mass is 9.82. The molecule has 0 saturated carbocycles. The van der Waals surface area contributed by atoms with Crippen molar-refractivity contribution < 1.29 is 4.42 Å². The molecule has 4 N–H and O–H groups in total. The largest absolute Gasteiger partial charge is 0.464 e. The average Bonchev–Trinajstić information content (AvgIpc) is 3.04. The molecule has 3 nitrogen and oxygen atoms in total. The van der Waals surface area contributed by atoms with Crippen LogP contribution < -0.4 is 11.5 Å². The van der Waals surface area contributed by atoms with E-state index in [1.807, 2.05) is 30.3 Å². The Morgan fingerprint density at radius 2 is 1.82 bits per heavy atom. The molecule has 3 aromatic rings. The monoisotopic (exact) mass is 312 g/mol. The highest BCUT2D eigenvalue weighted by Crippen LogP contribution is 2.49. The van der Waals surface area contributed by atoms with Crippen molar-refractivity contribution in [3.05, 3.63) is 48.2 Å². The second kappa shape index (κ2) is 5.21. The van der Waals surface area contributed by atoms with Crippen LogP contribution in [0.15, 0.2) is 47.1 Å². The minimum absolute atomic E-state index is 0.0593. The number of hydrogen-bond acceptors (Lipinski definition) is 4. The van der Waals surface area contributed by atoms with Crippen LogP contribution >= 0.6 is 11.3 Å². The number of thiophene rings is 1. The molecule has 22 heavy (non-hydrogen) atoms. The summed E-state index contributed by atoms with van der Waals surface area (Å²) in [6.45, 7) is 6.57. The summed E-state index contributed by atoms with van der Waals surface area (Å²) in [6.07, 6.45) is 1.69. The van der Waals surface area contributed by atoms with Crippen molar-refractivity contribution in [2.24, 2.45) is 0 Å². The molecule has 1 aromatic carbocycles. The van der Waals surface area contributed by atoms with Crippen molar-refractivity contribution >= 4 is 22.0 Å². The van der Waals surface area contributed by atoms with Crippen molar-refractivity contribution in [3.8, 4) is 21.8 Å². The molecule has 0 atom stereocenters. The van der Waals surface area contributed by atoms with Crippen LogP contribution in [0.4, 0.5) is 10.7 Å². The Labute approximate surface area is 134 Å². The van der Waals surface area contributed by atoms with E-state index in [9.17, 15) is 0 Å². The molecule has 2 aromatic heterocycles. The topological polar surface area (TPSA) is 65.2 Å². The van der Waals surface area contributed by atoms with Crippen molar-refractivity contribution in [2.45, 2.75) is 26.2 Å². The van der Waals surface area contributed by atoms with Crippen molar-refractivity contribution in [2.75, 3.05) is 11.5 Å². The lowest BCUT2D eigenvalue weighted by Crippen LogP contribution is -2.13. The molecule has 0 unspecified atom stereocenters. The molecule has 0 aliphatic carbocycles. The number of benzene rings is 1. The van der Waals surface area contributed by atoms with Gasteiger partial charge in [-0.05, 0) is 40.8 Å². The third kappa shape index (κ3) is 2.50. The molecule has 0 amide bonds. The number of rotatable bonds is 2. The van der Waals surface area contributed by atoms with Crippen molar-refractivity contribution in [1.82, 2.24) is 0 Å². The van der Waals surface area contributed by atoms with Gasteiger partial charge in [-0.25, -0.2) is 0 Å². The summed E-state index contributed by atoms with van der Waals surface area (Å²) in [5.41, 5.74) is 16.3. The number of hydrogen-bond donors (Lipinski definition) is 2. The first-order valence-corrected chi connectivity index (χ1v) is 8.02. The van der Waals surface area contributed by atoms with Crippen LogP contribution in [0, 0.1) is 0 Å². The molecule has 114 valence electrons. The van der Waals surface area contributed by atoms with E-state index in [1.165, 1.54) is 5.56 Å². The molecule has 0 spiro atoms. The molecule has 0 fully saturated rings. The van der Waals surface area contributed by atoms with E-state index in [2.05, 4.69) is 26.8 Å². The zero-order chi connectivity index (χ0) is 15.9. The summed E-state index contributed by atoms with van der Waals surface area (Å²) in [5.74, 6) is 0.858. The molecule has 0 saturated heterocycles. The van der Waals surface area contributed by atoms with Gasteiger partial charge in [0.1, 0.15) is 5.76 Å². The van der Waals surface area contributed by atoms with E-state index in [4.69, 9.17) is 15.9 Å². The highest BCUT2D eigenvalue weighted by molar-refractivity contribution is 7.20. The minimum Gasteiger partial charge on any atom is -0.464 e. The Hall–Kier alpha value is -2.20. The van der Waals surface area contributed by atoms with Gasteiger partial charge in [0.25, 0.3) is 0 Å². The lowest BCUT2D eigenvalue weighted by Gasteiger charge is -2.22. The second-order valence-electron chi connectivity index (χ2n) is 6.40. The van der Waals surface area contributed by atoms with Crippen LogP contribution in [0.3, 0.4) is 0 Å². The molecule has 2 heterocycles. The van der Waals surface area contributed by atoms with Gasteiger partial charge >= 0.3 is 0 Å². The highest BCUT2D eigenvalue weighted by atomic mass is 32.1. The van der Waals surface area contributed by atoms with E-state index >= 15 is 0 Å². The molecule has 0 radical (unpaired) electrons. The van der Waals surface area contributed by atoms with Crippen LogP contribution in [0.1, 0.15) is 26.3 Å². The summed E-state index contributed by atoms with van der Waals surface area (Å²) in [4.78, 5) is 1.09. The molecular weight excluding hydrogens is 292 g/mol. The fourth-order valence-electron chi connectivity index (χ4n) is 2.73. The zero-order valence-electron chi connectivity index (χ0n) is 13.0. The summed E-state index contributed by atoms with van der Waals surface area (Å²) in [5, 5.41) is 0.793. The standard InChI is InChI=1S/C18H20N2OS/c1-18(2,3)15-14(11-6-4-7-12(19)10-11)17(20)22-16(15)13-8-5-9-21-13/h4-10H,19-20H2,1-3H3. The lowest BCUT2D eigenvalue weighted by molar-refractivity contribution is 0.570. The van der Waals surface area contributed by atoms with E-state index < -0.39 is 0 Å². The molecule has 0 aliphatic heterocycles. The van der Waals surface area contributed by atoms with Crippen LogP contribution in [0.2, 0.25) is 0 Å². The number of nitrogen functional groups attached to an aromatic ring is 2. The van der Waals surface area contributed by atoms with E-state index in [0.29, 0.717) is 0 Å². The van der Waals surface area contributed by atoms with Gasteiger partial charge in [0.05, 0.1) is 16.1 Å². The number of anilines is 2. The number of furan rings is 1. The van der Waals surface area contributed by atoms with E-state index in [-0.39, 0.29) is 5.41 Å².